The zero-order chi connectivity index (χ0) is 21.2. The Morgan fingerprint density at radius 2 is 1.83 bits per heavy atom. The summed E-state index contributed by atoms with van der Waals surface area (Å²) in [5, 5.41) is 10.0. The summed E-state index contributed by atoms with van der Waals surface area (Å²) >= 11 is 0. The fourth-order valence-corrected chi connectivity index (χ4v) is 6.67. The van der Waals surface area contributed by atoms with E-state index in [2.05, 4.69) is 53.3 Å². The minimum Gasteiger partial charge on any atom is -0.393 e. The molecule has 29 heavy (non-hydrogen) atoms. The van der Waals surface area contributed by atoms with E-state index in [-0.39, 0.29) is 6.10 Å². The lowest BCUT2D eigenvalue weighted by Crippen LogP contribution is -2.36. The van der Waals surface area contributed by atoms with E-state index in [9.17, 15) is 5.11 Å². The van der Waals surface area contributed by atoms with Crippen molar-refractivity contribution in [3.8, 4) is 0 Å². The van der Waals surface area contributed by atoms with Crippen molar-refractivity contribution >= 4 is 0 Å². The number of aliphatic hydroxyl groups excluding tert-OH is 1. The lowest BCUT2D eigenvalue weighted by molar-refractivity contribution is 0.0907. The van der Waals surface area contributed by atoms with Gasteiger partial charge in [0.2, 0.25) is 0 Å². The molecule has 0 aromatic carbocycles. The maximum atomic E-state index is 10.0. The summed E-state index contributed by atoms with van der Waals surface area (Å²) in [4.78, 5) is 0. The molecular weight excluding hydrogens is 352 g/mol. The van der Waals surface area contributed by atoms with Gasteiger partial charge in [-0.15, -0.1) is 0 Å². The molecule has 0 heterocycles. The van der Waals surface area contributed by atoms with Crippen LogP contribution in [-0.4, -0.2) is 11.2 Å². The number of fused-ring (bicyclic) bond motifs is 1. The van der Waals surface area contributed by atoms with E-state index >= 15 is 0 Å². The van der Waals surface area contributed by atoms with Crippen LogP contribution in [0.25, 0.3) is 0 Å². The van der Waals surface area contributed by atoms with E-state index in [0.29, 0.717) is 5.41 Å². The average Bonchev–Trinajstić information content (AvgIpc) is 3.04. The number of allylic oxidation sites excluding steroid dienone is 4. The Bertz CT molecular complexity index is 639. The second-order valence-electron chi connectivity index (χ2n) is 11.3. The van der Waals surface area contributed by atoms with Crippen LogP contribution in [0.3, 0.4) is 0 Å². The Hall–Kier alpha value is -0.820. The molecule has 3 aliphatic rings. The zero-order valence-corrected chi connectivity index (χ0v) is 19.8. The van der Waals surface area contributed by atoms with Gasteiger partial charge in [-0.3, -0.25) is 0 Å². The number of rotatable bonds is 6. The molecule has 164 valence electrons. The minimum atomic E-state index is -0.174. The van der Waals surface area contributed by atoms with E-state index < -0.39 is 0 Å². The van der Waals surface area contributed by atoms with Gasteiger partial charge in [0.15, 0.2) is 0 Å². The molecule has 1 N–H and O–H groups in total. The Morgan fingerprint density at radius 3 is 2.55 bits per heavy atom. The molecule has 6 atom stereocenters. The first-order valence-corrected chi connectivity index (χ1v) is 12.5. The Kier molecular flexibility index (Phi) is 7.52. The largest absolute Gasteiger partial charge is 0.393 e. The summed E-state index contributed by atoms with van der Waals surface area (Å²) < 4.78 is 0. The summed E-state index contributed by atoms with van der Waals surface area (Å²) in [7, 11) is 0. The second kappa shape index (κ2) is 9.54. The number of aliphatic hydroxyl groups is 1. The molecule has 0 radical (unpaired) electrons. The third-order valence-electron chi connectivity index (χ3n) is 9.13. The zero-order valence-electron chi connectivity index (χ0n) is 19.8. The van der Waals surface area contributed by atoms with Crippen LogP contribution >= 0.6 is 0 Å². The predicted molar refractivity (Wildman–Crippen MR) is 126 cm³/mol. The van der Waals surface area contributed by atoms with Crippen molar-refractivity contribution in [3.05, 3.63) is 35.5 Å². The molecule has 0 saturated heterocycles. The van der Waals surface area contributed by atoms with Crippen LogP contribution in [0.4, 0.5) is 0 Å². The summed E-state index contributed by atoms with van der Waals surface area (Å²) in [5.41, 5.74) is 4.70. The molecule has 0 bridgehead atoms. The van der Waals surface area contributed by atoms with Crippen LogP contribution < -0.4 is 0 Å². The molecule has 3 aliphatic carbocycles. The van der Waals surface area contributed by atoms with Gasteiger partial charge in [-0.1, -0.05) is 77.3 Å². The van der Waals surface area contributed by atoms with Gasteiger partial charge in [0.25, 0.3) is 0 Å². The highest BCUT2D eigenvalue weighted by Gasteiger charge is 2.50. The number of hydrogen-bond donors (Lipinski definition) is 1. The van der Waals surface area contributed by atoms with Crippen LogP contribution in [0.1, 0.15) is 98.8 Å². The van der Waals surface area contributed by atoms with E-state index in [1.54, 1.807) is 5.57 Å². The first-order chi connectivity index (χ1) is 13.7. The average molecular weight is 399 g/mol. The SMILES string of the molecule is C=C1CCC(O)CC1=CC=C1CCCC2(C)C1CCC2C(C)CCC(C)C(C)C. The Balaban J connectivity index is 1.70. The van der Waals surface area contributed by atoms with E-state index in [1.807, 2.05) is 0 Å². The van der Waals surface area contributed by atoms with Crippen molar-refractivity contribution in [2.45, 2.75) is 105 Å². The monoisotopic (exact) mass is 398 g/mol. The third kappa shape index (κ3) is 5.09. The molecule has 1 heteroatoms. The van der Waals surface area contributed by atoms with Gasteiger partial charge in [0.05, 0.1) is 6.10 Å². The summed E-state index contributed by atoms with van der Waals surface area (Å²) in [6.45, 7) is 16.6. The van der Waals surface area contributed by atoms with Gasteiger partial charge in [-0.25, -0.2) is 0 Å². The fourth-order valence-electron chi connectivity index (χ4n) is 6.67. The molecular formula is C28H46O. The molecule has 3 rings (SSSR count). The van der Waals surface area contributed by atoms with Gasteiger partial charge in [-0.2, -0.15) is 0 Å². The minimum absolute atomic E-state index is 0.174. The maximum Gasteiger partial charge on any atom is 0.0583 e. The molecule has 3 fully saturated rings. The standard InChI is InChI=1S/C28H46O/c1-19(2)20(3)9-10-22(5)26-15-16-27-23(8-7-17-28(26,27)6)12-13-24-18-25(29)14-11-21(24)4/h12-13,19-20,22,25-27,29H,4,7-11,14-18H2,1-3,5-6H3. The van der Waals surface area contributed by atoms with Gasteiger partial charge in [0, 0.05) is 0 Å². The normalized spacial score (nSPS) is 37.9. The molecule has 0 amide bonds. The van der Waals surface area contributed by atoms with E-state index in [0.717, 1.165) is 48.9 Å². The first kappa shape index (κ1) is 22.9. The third-order valence-corrected chi connectivity index (χ3v) is 9.13. The molecule has 0 aliphatic heterocycles. The highest BCUT2D eigenvalue weighted by Crippen LogP contribution is 2.60. The van der Waals surface area contributed by atoms with Crippen molar-refractivity contribution in [3.63, 3.8) is 0 Å². The van der Waals surface area contributed by atoms with Gasteiger partial charge < -0.3 is 5.11 Å². The highest BCUT2D eigenvalue weighted by molar-refractivity contribution is 5.36. The first-order valence-electron chi connectivity index (χ1n) is 12.5. The second-order valence-corrected chi connectivity index (χ2v) is 11.3. The molecule has 0 aromatic rings. The predicted octanol–water partition coefficient (Wildman–Crippen LogP) is 7.87. The maximum absolute atomic E-state index is 10.0. The van der Waals surface area contributed by atoms with Crippen molar-refractivity contribution in [2.75, 3.05) is 0 Å². The molecule has 0 spiro atoms. The molecule has 6 unspecified atom stereocenters. The van der Waals surface area contributed by atoms with Crippen LogP contribution in [-0.2, 0) is 0 Å². The molecule has 1 nitrogen and oxygen atoms in total. The topological polar surface area (TPSA) is 20.2 Å². The Labute approximate surface area is 180 Å². The van der Waals surface area contributed by atoms with Gasteiger partial charge in [-0.05, 0) is 91.9 Å². The van der Waals surface area contributed by atoms with E-state index in [4.69, 9.17) is 0 Å². The summed E-state index contributed by atoms with van der Waals surface area (Å²) in [6.07, 6.45) is 16.8. The van der Waals surface area contributed by atoms with Crippen LogP contribution in [0.15, 0.2) is 35.5 Å². The van der Waals surface area contributed by atoms with Crippen LogP contribution in [0.5, 0.6) is 0 Å². The quantitative estimate of drug-likeness (QED) is 0.482. The van der Waals surface area contributed by atoms with Crippen LogP contribution in [0.2, 0.25) is 0 Å². The molecule has 0 aromatic heterocycles. The van der Waals surface area contributed by atoms with Crippen molar-refractivity contribution < 1.29 is 5.11 Å². The van der Waals surface area contributed by atoms with Crippen molar-refractivity contribution in [2.24, 2.45) is 35.0 Å². The highest BCUT2D eigenvalue weighted by atomic mass is 16.3. The molecule has 3 saturated carbocycles. The van der Waals surface area contributed by atoms with Crippen LogP contribution in [0, 0.1) is 35.0 Å². The fraction of sp³-hybridized carbons (Fsp3) is 0.786. The van der Waals surface area contributed by atoms with Gasteiger partial charge >= 0.3 is 0 Å². The summed E-state index contributed by atoms with van der Waals surface area (Å²) in [6, 6.07) is 0. The van der Waals surface area contributed by atoms with Crippen molar-refractivity contribution in [1.82, 2.24) is 0 Å². The Morgan fingerprint density at radius 1 is 1.07 bits per heavy atom. The number of hydrogen-bond acceptors (Lipinski definition) is 1. The van der Waals surface area contributed by atoms with Gasteiger partial charge in [0.1, 0.15) is 0 Å². The van der Waals surface area contributed by atoms with E-state index in [1.165, 1.54) is 56.1 Å². The van der Waals surface area contributed by atoms with Crippen molar-refractivity contribution in [1.29, 1.82) is 0 Å². The smallest absolute Gasteiger partial charge is 0.0583 e. The lowest BCUT2D eigenvalue weighted by Gasteiger charge is -2.44. The summed E-state index contributed by atoms with van der Waals surface area (Å²) in [5.74, 6) is 4.14. The lowest BCUT2D eigenvalue weighted by atomic mass is 9.60.